The molecular weight excluding hydrogens is 650 g/mol. The molecule has 7 rings (SSSR count). The molecule has 2 aromatic carbocycles. The average molecular weight is 698 g/mol. The number of benzene rings is 2. The first-order valence-electron chi connectivity index (χ1n) is 17.9. The van der Waals surface area contributed by atoms with Crippen molar-refractivity contribution in [1.29, 1.82) is 0 Å². The number of nitrogens with one attached hydrogen (secondary N) is 1. The lowest BCUT2D eigenvalue weighted by molar-refractivity contribution is 0.0589. The van der Waals surface area contributed by atoms with E-state index >= 15 is 0 Å². The Hall–Kier alpha value is -4.28. The van der Waals surface area contributed by atoms with Gasteiger partial charge in [0, 0.05) is 73.9 Å². The van der Waals surface area contributed by atoms with Crippen LogP contribution in [0.5, 0.6) is 5.75 Å². The van der Waals surface area contributed by atoms with Crippen LogP contribution in [-0.4, -0.2) is 76.8 Å². The van der Waals surface area contributed by atoms with Gasteiger partial charge in [0.2, 0.25) is 0 Å². The second-order valence-corrected chi connectivity index (χ2v) is 14.2. The Morgan fingerprint density at radius 3 is 2.74 bits per heavy atom. The Balaban J connectivity index is 1.28. The lowest BCUT2D eigenvalue weighted by atomic mass is 9.97. The molecule has 0 radical (unpaired) electrons. The molecule has 8 bridgehead atoms. The highest BCUT2D eigenvalue weighted by atomic mass is 35.5. The van der Waals surface area contributed by atoms with Crippen molar-refractivity contribution in [3.05, 3.63) is 80.4 Å². The number of carbonyl (C=O) groups excluding carboxylic acids is 1. The van der Waals surface area contributed by atoms with Crippen molar-refractivity contribution in [2.24, 2.45) is 19.2 Å². The van der Waals surface area contributed by atoms with Crippen LogP contribution in [0.2, 0.25) is 5.02 Å². The molecule has 0 saturated carbocycles. The fraction of sp³-hybridized carbons (Fsp3) is 0.462. The highest BCUT2D eigenvalue weighted by Crippen LogP contribution is 2.37. The van der Waals surface area contributed by atoms with E-state index in [1.807, 2.05) is 41.7 Å². The van der Waals surface area contributed by atoms with Gasteiger partial charge in [-0.2, -0.15) is 10.2 Å². The van der Waals surface area contributed by atoms with Gasteiger partial charge in [0.15, 0.2) is 0 Å². The van der Waals surface area contributed by atoms with Crippen molar-refractivity contribution in [3.63, 3.8) is 0 Å². The molecule has 264 valence electrons. The van der Waals surface area contributed by atoms with Crippen LogP contribution in [0.4, 0.5) is 5.69 Å². The van der Waals surface area contributed by atoms with Gasteiger partial charge in [-0.1, -0.05) is 23.7 Å². The first kappa shape index (κ1) is 34.2. The number of piperidine rings is 1. The standard InChI is InChI=1S/C39H48ClN7O3/c1-44-19-17-42-47-18-6-5-10-30(47)24-33-34(40)15-14-32-31(38(39(48)49-4)45(2)37(32)33)11-8-20-50-35-22-26(21-27-9-7-16-41-36(27)35)12-13-29-23-28(25-44)43-46(29)3/h14-15,17,21-24,41H,5-13,16,18-20,25H2,1-4H3/b30-24+,42-17+. The van der Waals surface area contributed by atoms with Crippen LogP contribution in [0.15, 0.2) is 41.1 Å². The molecule has 1 N–H and O–H groups in total. The number of aryl methyl sites for hydroxylation is 6. The molecule has 1 saturated heterocycles. The number of nitrogens with zero attached hydrogens (tertiary/aromatic N) is 6. The van der Waals surface area contributed by atoms with E-state index in [1.165, 1.54) is 23.9 Å². The molecule has 3 aliphatic heterocycles. The highest BCUT2D eigenvalue weighted by Gasteiger charge is 2.25. The summed E-state index contributed by atoms with van der Waals surface area (Å²) in [6, 6.07) is 10.8. The fourth-order valence-corrected chi connectivity index (χ4v) is 7.96. The van der Waals surface area contributed by atoms with Crippen molar-refractivity contribution in [3.8, 4) is 5.75 Å². The monoisotopic (exact) mass is 697 g/mol. The van der Waals surface area contributed by atoms with Crippen LogP contribution in [0.1, 0.15) is 76.2 Å². The minimum Gasteiger partial charge on any atom is -0.491 e. The van der Waals surface area contributed by atoms with Gasteiger partial charge in [0.05, 0.1) is 30.6 Å². The summed E-state index contributed by atoms with van der Waals surface area (Å²) in [4.78, 5) is 15.5. The molecule has 2 aromatic heterocycles. The maximum Gasteiger partial charge on any atom is 0.354 e. The van der Waals surface area contributed by atoms with Crippen molar-refractivity contribution in [2.75, 3.05) is 45.7 Å². The Labute approximate surface area is 299 Å². The predicted molar refractivity (Wildman–Crippen MR) is 200 cm³/mol. The van der Waals surface area contributed by atoms with E-state index in [2.05, 4.69) is 46.5 Å². The minimum absolute atomic E-state index is 0.355. The van der Waals surface area contributed by atoms with Crippen LogP contribution in [0.25, 0.3) is 17.0 Å². The third-order valence-electron chi connectivity index (χ3n) is 10.3. The Kier molecular flexibility index (Phi) is 10.2. The van der Waals surface area contributed by atoms with Gasteiger partial charge in [-0.05, 0) is 106 Å². The lowest BCUT2D eigenvalue weighted by Crippen LogP contribution is -2.25. The third-order valence-corrected chi connectivity index (χ3v) is 10.6. The van der Waals surface area contributed by atoms with E-state index in [4.69, 9.17) is 31.3 Å². The van der Waals surface area contributed by atoms with Crippen molar-refractivity contribution in [1.82, 2.24) is 24.3 Å². The number of hydrogen-bond acceptors (Lipinski definition) is 8. The predicted octanol–water partition coefficient (Wildman–Crippen LogP) is 6.76. The largest absolute Gasteiger partial charge is 0.491 e. The van der Waals surface area contributed by atoms with E-state index in [-0.39, 0.29) is 5.97 Å². The smallest absolute Gasteiger partial charge is 0.354 e. The minimum atomic E-state index is -0.355. The molecule has 3 aliphatic rings. The van der Waals surface area contributed by atoms with Gasteiger partial charge in [0.1, 0.15) is 11.4 Å². The van der Waals surface area contributed by atoms with Crippen LogP contribution >= 0.6 is 11.6 Å². The molecule has 4 aromatic rings. The fourth-order valence-electron chi connectivity index (χ4n) is 7.75. The zero-order chi connectivity index (χ0) is 34.8. The zero-order valence-corrected chi connectivity index (χ0v) is 30.5. The number of methoxy groups -OCH3 is 1. The summed E-state index contributed by atoms with van der Waals surface area (Å²) in [5, 5.41) is 17.1. The van der Waals surface area contributed by atoms with Gasteiger partial charge in [-0.3, -0.25) is 14.6 Å². The van der Waals surface area contributed by atoms with Crippen LogP contribution in [-0.2, 0) is 51.1 Å². The average Bonchev–Trinajstić information content (AvgIpc) is 3.61. The number of rotatable bonds is 1. The quantitative estimate of drug-likeness (QED) is 0.220. The Morgan fingerprint density at radius 2 is 1.88 bits per heavy atom. The highest BCUT2D eigenvalue weighted by molar-refractivity contribution is 6.33. The van der Waals surface area contributed by atoms with E-state index < -0.39 is 0 Å². The number of fused-ring (bicyclic) bond motifs is 7. The molecule has 11 heteroatoms. The molecule has 0 aliphatic carbocycles. The first-order valence-corrected chi connectivity index (χ1v) is 18.3. The van der Waals surface area contributed by atoms with Crippen molar-refractivity contribution < 1.29 is 14.3 Å². The molecule has 0 spiro atoms. The van der Waals surface area contributed by atoms with Gasteiger partial charge >= 0.3 is 5.97 Å². The van der Waals surface area contributed by atoms with E-state index in [1.54, 1.807) is 0 Å². The summed E-state index contributed by atoms with van der Waals surface area (Å²) in [5.41, 5.74) is 10.4. The van der Waals surface area contributed by atoms with Gasteiger partial charge in [-0.15, -0.1) is 0 Å². The van der Waals surface area contributed by atoms with Crippen LogP contribution in [0, 0.1) is 0 Å². The summed E-state index contributed by atoms with van der Waals surface area (Å²) in [7, 11) is 7.51. The van der Waals surface area contributed by atoms with Gasteiger partial charge < -0.3 is 19.4 Å². The number of esters is 1. The molecule has 0 unspecified atom stereocenters. The summed E-state index contributed by atoms with van der Waals surface area (Å²) >= 11 is 6.95. The van der Waals surface area contributed by atoms with E-state index in [0.29, 0.717) is 30.3 Å². The lowest BCUT2D eigenvalue weighted by Gasteiger charge is -2.27. The van der Waals surface area contributed by atoms with E-state index in [0.717, 1.165) is 116 Å². The maximum absolute atomic E-state index is 13.3. The second kappa shape index (κ2) is 14.9. The van der Waals surface area contributed by atoms with E-state index in [9.17, 15) is 4.79 Å². The molecule has 0 amide bonds. The van der Waals surface area contributed by atoms with Crippen molar-refractivity contribution >= 4 is 46.5 Å². The number of anilines is 1. The zero-order valence-electron chi connectivity index (χ0n) is 29.7. The molecular formula is C39H48ClN7O3. The number of hydrazone groups is 1. The number of ether oxygens (including phenoxy) is 2. The van der Waals surface area contributed by atoms with Crippen molar-refractivity contribution in [2.45, 2.75) is 64.3 Å². The number of aromatic nitrogens is 3. The summed E-state index contributed by atoms with van der Waals surface area (Å²) in [5.74, 6) is 0.551. The second-order valence-electron chi connectivity index (χ2n) is 13.8. The summed E-state index contributed by atoms with van der Waals surface area (Å²) in [6.45, 7) is 3.74. The number of hydrogen-bond donors (Lipinski definition) is 1. The van der Waals surface area contributed by atoms with Gasteiger partial charge in [0.25, 0.3) is 0 Å². The third kappa shape index (κ3) is 7.01. The number of carbonyl (C=O) groups is 1. The Bertz CT molecular complexity index is 1960. The van der Waals surface area contributed by atoms with Gasteiger partial charge in [-0.25, -0.2) is 4.79 Å². The van der Waals surface area contributed by atoms with Crippen LogP contribution in [0.3, 0.4) is 0 Å². The van der Waals surface area contributed by atoms with Crippen LogP contribution < -0.4 is 10.1 Å². The topological polar surface area (TPSA) is 89.2 Å². The first-order chi connectivity index (χ1) is 24.3. The number of allylic oxidation sites excluding steroid dienone is 1. The molecule has 0 atom stereocenters. The normalized spacial score (nSPS) is 19.4. The molecule has 1 fully saturated rings. The molecule has 5 heterocycles. The summed E-state index contributed by atoms with van der Waals surface area (Å²) in [6.07, 6.45) is 12.5. The molecule has 50 heavy (non-hydrogen) atoms. The summed E-state index contributed by atoms with van der Waals surface area (Å²) < 4.78 is 15.8. The number of halogens is 1. The molecule has 10 nitrogen and oxygen atoms in total. The Morgan fingerprint density at radius 1 is 1.00 bits per heavy atom. The maximum atomic E-state index is 13.3. The SMILES string of the molecule is COC(=O)c1c2c3ccc(Cl)c(c3n1C)/C=C1\CCCCN1/N=C/CN(C)Cc1cc(n(C)n1)CCc1cc3c(c(c1)OCCC2)NCCC3.